The molecule has 1 aliphatic heterocycles. The van der Waals surface area contributed by atoms with Gasteiger partial charge in [0.15, 0.2) is 0 Å². The van der Waals surface area contributed by atoms with E-state index in [1.807, 2.05) is 13.8 Å². The summed E-state index contributed by atoms with van der Waals surface area (Å²) < 4.78 is 86.2. The fourth-order valence-corrected chi connectivity index (χ4v) is 3.66. The van der Waals surface area contributed by atoms with E-state index in [2.05, 4.69) is 20.0 Å². The smallest absolute Gasteiger partial charge is 0.430 e. The normalized spacial score (nSPS) is 17.4. The molecule has 2 aromatic rings. The first-order chi connectivity index (χ1) is 15.0. The molecule has 0 radical (unpaired) electrons. The average Bonchev–Trinajstić information content (AvgIpc) is 2.71. The van der Waals surface area contributed by atoms with Gasteiger partial charge in [-0.25, -0.2) is 9.78 Å². The number of nitrogens with zero attached hydrogens (tertiary/aromatic N) is 2. The molecule has 0 saturated heterocycles. The van der Waals surface area contributed by atoms with Crippen LogP contribution in [0.3, 0.4) is 0 Å². The third-order valence-corrected chi connectivity index (χ3v) is 5.26. The van der Waals surface area contributed by atoms with E-state index >= 15 is 0 Å². The summed E-state index contributed by atoms with van der Waals surface area (Å²) in [5.41, 5.74) is -1.98. The first-order valence-electron chi connectivity index (χ1n) is 10.1. The van der Waals surface area contributed by atoms with Crippen molar-refractivity contribution in [1.29, 1.82) is 0 Å². The van der Waals surface area contributed by atoms with Crippen LogP contribution in [0.25, 0.3) is 11.3 Å². The molecule has 11 heteroatoms. The number of unbranched alkanes of at least 4 members (excludes halogenated alkanes) is 1. The molecule has 0 aromatic carbocycles. The molecule has 1 aliphatic rings. The zero-order valence-corrected chi connectivity index (χ0v) is 17.3. The van der Waals surface area contributed by atoms with Crippen LogP contribution in [0.5, 0.6) is 0 Å². The van der Waals surface area contributed by atoms with Crippen LogP contribution >= 0.6 is 0 Å². The molecule has 3 heterocycles. The highest BCUT2D eigenvalue weighted by atomic mass is 19.4. The number of aromatic nitrogens is 2. The Morgan fingerprint density at radius 3 is 2.47 bits per heavy atom. The molecule has 3 rings (SSSR count). The van der Waals surface area contributed by atoms with Crippen LogP contribution in [0.2, 0.25) is 0 Å². The molecule has 0 saturated carbocycles. The highest BCUT2D eigenvalue weighted by Crippen LogP contribution is 2.46. The Hall–Kier alpha value is -2.85. The highest BCUT2D eigenvalue weighted by molar-refractivity contribution is 5.89. The number of rotatable bonds is 6. The van der Waals surface area contributed by atoms with Crippen LogP contribution in [-0.2, 0) is 10.9 Å². The van der Waals surface area contributed by atoms with Crippen LogP contribution in [0.1, 0.15) is 68.4 Å². The first kappa shape index (κ1) is 23.8. The first-order valence-corrected chi connectivity index (χ1v) is 10.1. The van der Waals surface area contributed by atoms with E-state index in [-0.39, 0.29) is 22.9 Å². The molecule has 174 valence electrons. The molecule has 0 fully saturated rings. The lowest BCUT2D eigenvalue weighted by Crippen LogP contribution is -2.34. The van der Waals surface area contributed by atoms with E-state index in [0.717, 1.165) is 31.2 Å². The standard InChI is InChI=1S/C21H21F6N3O2/c1-3-5-6-11(4-2)14-9-12(20(22,23)24)10-15(29-14)13-7-8-28-18-16(13)17(21(25,26)27)32-19(31)30-18/h7-11,17H,3-6H2,1-2H3,(H,28,30,31). The minimum Gasteiger partial charge on any atom is -0.431 e. The summed E-state index contributed by atoms with van der Waals surface area (Å²) in [7, 11) is 0. The minimum absolute atomic E-state index is 0.153. The summed E-state index contributed by atoms with van der Waals surface area (Å²) in [5.74, 6) is -0.720. The summed E-state index contributed by atoms with van der Waals surface area (Å²) in [6.07, 6.45) is -9.94. The Bertz CT molecular complexity index is 990. The van der Waals surface area contributed by atoms with Crippen LogP contribution in [0, 0.1) is 0 Å². The number of pyridine rings is 2. The van der Waals surface area contributed by atoms with Gasteiger partial charge in [0.05, 0.1) is 16.8 Å². The molecule has 2 aromatic heterocycles. The zero-order valence-electron chi connectivity index (χ0n) is 17.3. The molecule has 0 bridgehead atoms. The Morgan fingerprint density at radius 2 is 1.88 bits per heavy atom. The average molecular weight is 461 g/mol. The quantitative estimate of drug-likeness (QED) is 0.470. The fraction of sp³-hybridized carbons (Fsp3) is 0.476. The molecule has 0 spiro atoms. The number of hydrogen-bond donors (Lipinski definition) is 1. The van der Waals surface area contributed by atoms with Crippen LogP contribution in [-0.4, -0.2) is 22.2 Å². The number of ether oxygens (including phenoxy) is 1. The maximum absolute atomic E-state index is 13.6. The number of carbonyl (C=O) groups is 1. The Balaban J connectivity index is 2.23. The van der Waals surface area contributed by atoms with Crippen LogP contribution < -0.4 is 5.32 Å². The van der Waals surface area contributed by atoms with E-state index in [0.29, 0.717) is 18.9 Å². The second kappa shape index (κ2) is 8.95. The summed E-state index contributed by atoms with van der Waals surface area (Å²) in [6.45, 7) is 3.77. The third-order valence-electron chi connectivity index (χ3n) is 5.26. The van der Waals surface area contributed by atoms with Gasteiger partial charge in [-0.2, -0.15) is 26.3 Å². The predicted molar refractivity (Wildman–Crippen MR) is 104 cm³/mol. The topological polar surface area (TPSA) is 64.1 Å². The van der Waals surface area contributed by atoms with E-state index in [1.165, 1.54) is 0 Å². The van der Waals surface area contributed by atoms with Crippen molar-refractivity contribution in [3.63, 3.8) is 0 Å². The molecular weight excluding hydrogens is 440 g/mol. The molecular formula is C21H21F6N3O2. The van der Waals surface area contributed by atoms with Crippen molar-refractivity contribution in [2.24, 2.45) is 0 Å². The van der Waals surface area contributed by atoms with Gasteiger partial charge < -0.3 is 4.74 Å². The number of cyclic esters (lactones) is 1. The van der Waals surface area contributed by atoms with Gasteiger partial charge in [-0.05, 0) is 31.0 Å². The van der Waals surface area contributed by atoms with Gasteiger partial charge in [0.1, 0.15) is 5.82 Å². The van der Waals surface area contributed by atoms with E-state index in [4.69, 9.17) is 0 Å². The van der Waals surface area contributed by atoms with Gasteiger partial charge in [-0.3, -0.25) is 10.3 Å². The molecule has 5 nitrogen and oxygen atoms in total. The number of hydrogen-bond acceptors (Lipinski definition) is 4. The van der Waals surface area contributed by atoms with Gasteiger partial charge in [0, 0.05) is 23.4 Å². The SMILES string of the molecule is CCCCC(CC)c1cc(C(F)(F)F)cc(-c2ccnc3c2C(C(F)(F)F)OC(=O)N3)n1. The summed E-state index contributed by atoms with van der Waals surface area (Å²) >= 11 is 0. The van der Waals surface area contributed by atoms with Gasteiger partial charge >= 0.3 is 18.4 Å². The van der Waals surface area contributed by atoms with E-state index in [9.17, 15) is 31.1 Å². The Morgan fingerprint density at radius 1 is 1.16 bits per heavy atom. The Labute approximate surface area is 180 Å². The molecule has 2 atom stereocenters. The van der Waals surface area contributed by atoms with E-state index in [1.54, 1.807) is 0 Å². The zero-order chi connectivity index (χ0) is 23.7. The lowest BCUT2D eigenvalue weighted by atomic mass is 9.92. The van der Waals surface area contributed by atoms with Crippen molar-refractivity contribution in [2.45, 2.75) is 63.9 Å². The summed E-state index contributed by atoms with van der Waals surface area (Å²) in [4.78, 5) is 19.6. The van der Waals surface area contributed by atoms with Crippen molar-refractivity contribution >= 4 is 11.9 Å². The largest absolute Gasteiger partial charge is 0.431 e. The van der Waals surface area contributed by atoms with Crippen molar-refractivity contribution in [3.8, 4) is 11.3 Å². The third kappa shape index (κ3) is 4.97. The molecule has 1 N–H and O–H groups in total. The summed E-state index contributed by atoms with van der Waals surface area (Å²) in [6, 6.07) is 2.79. The van der Waals surface area contributed by atoms with Gasteiger partial charge in [-0.15, -0.1) is 0 Å². The minimum atomic E-state index is -5.00. The van der Waals surface area contributed by atoms with Crippen molar-refractivity contribution in [2.75, 3.05) is 5.32 Å². The van der Waals surface area contributed by atoms with Crippen LogP contribution in [0.15, 0.2) is 24.4 Å². The van der Waals surface area contributed by atoms with Crippen molar-refractivity contribution < 1.29 is 35.9 Å². The second-order valence-electron chi connectivity index (χ2n) is 7.48. The molecule has 2 unspecified atom stereocenters. The molecule has 32 heavy (non-hydrogen) atoms. The Kier molecular flexibility index (Phi) is 6.66. The predicted octanol–water partition coefficient (Wildman–Crippen LogP) is 7.01. The number of alkyl halides is 6. The number of nitrogens with one attached hydrogen (secondary N) is 1. The maximum atomic E-state index is 13.6. The molecule has 1 amide bonds. The number of fused-ring (bicyclic) bond motifs is 1. The number of carbonyl (C=O) groups excluding carboxylic acids is 1. The number of anilines is 1. The van der Waals surface area contributed by atoms with Crippen molar-refractivity contribution in [1.82, 2.24) is 9.97 Å². The van der Waals surface area contributed by atoms with Crippen molar-refractivity contribution in [3.05, 3.63) is 41.2 Å². The monoisotopic (exact) mass is 461 g/mol. The lowest BCUT2D eigenvalue weighted by molar-refractivity contribution is -0.206. The highest BCUT2D eigenvalue weighted by Gasteiger charge is 2.49. The van der Waals surface area contributed by atoms with Gasteiger partial charge in [0.2, 0.25) is 6.10 Å². The summed E-state index contributed by atoms with van der Waals surface area (Å²) in [5, 5.41) is 2.07. The fourth-order valence-electron chi connectivity index (χ4n) is 3.66. The molecule has 0 aliphatic carbocycles. The number of amides is 1. The van der Waals surface area contributed by atoms with Gasteiger partial charge in [-0.1, -0.05) is 26.7 Å². The second-order valence-corrected chi connectivity index (χ2v) is 7.48. The van der Waals surface area contributed by atoms with E-state index < -0.39 is 41.5 Å². The number of halogens is 6. The maximum Gasteiger partial charge on any atom is 0.430 e. The van der Waals surface area contributed by atoms with Gasteiger partial charge in [0.25, 0.3) is 0 Å². The van der Waals surface area contributed by atoms with Crippen LogP contribution in [0.4, 0.5) is 37.0 Å². The lowest BCUT2D eigenvalue weighted by Gasteiger charge is -2.29.